The van der Waals surface area contributed by atoms with E-state index in [1.165, 1.54) is 0 Å². The van der Waals surface area contributed by atoms with E-state index < -0.39 is 0 Å². The van der Waals surface area contributed by atoms with Crippen molar-refractivity contribution >= 4 is 5.91 Å². The molecule has 1 saturated heterocycles. The lowest BCUT2D eigenvalue weighted by Crippen LogP contribution is -2.43. The Morgan fingerprint density at radius 1 is 1.40 bits per heavy atom. The van der Waals surface area contributed by atoms with Crippen molar-refractivity contribution in [2.45, 2.75) is 26.7 Å². The van der Waals surface area contributed by atoms with Crippen LogP contribution in [0.2, 0.25) is 0 Å². The number of benzene rings is 1. The molecule has 20 heavy (non-hydrogen) atoms. The van der Waals surface area contributed by atoms with Gasteiger partial charge in [0.25, 0.3) is 5.91 Å². The second-order valence-electron chi connectivity index (χ2n) is 5.54. The first-order chi connectivity index (χ1) is 9.61. The lowest BCUT2D eigenvalue weighted by Gasteiger charge is -2.31. The van der Waals surface area contributed by atoms with Crippen molar-refractivity contribution in [3.8, 4) is 5.75 Å². The zero-order chi connectivity index (χ0) is 14.5. The molecule has 1 amide bonds. The van der Waals surface area contributed by atoms with Gasteiger partial charge in [0.15, 0.2) is 6.61 Å². The minimum atomic E-state index is 0.00537. The second kappa shape index (κ2) is 6.75. The van der Waals surface area contributed by atoms with Gasteiger partial charge in [-0.15, -0.1) is 0 Å². The van der Waals surface area contributed by atoms with Gasteiger partial charge in [-0.1, -0.05) is 18.2 Å². The number of hydrogen-bond donors (Lipinski definition) is 1. The van der Waals surface area contributed by atoms with Crippen LogP contribution in [0.4, 0.5) is 0 Å². The van der Waals surface area contributed by atoms with E-state index in [1.807, 2.05) is 32.0 Å². The number of hydrogen-bond acceptors (Lipinski definition) is 3. The van der Waals surface area contributed by atoms with Crippen LogP contribution in [0.1, 0.15) is 24.0 Å². The SMILES string of the molecule is Cc1cccc(C)c1OCC(=O)N1CCCC(CO)C1. The maximum atomic E-state index is 12.2. The molecule has 1 aromatic rings. The molecule has 4 heteroatoms. The van der Waals surface area contributed by atoms with Crippen molar-refractivity contribution < 1.29 is 14.6 Å². The number of ether oxygens (including phenoxy) is 1. The van der Waals surface area contributed by atoms with Crippen molar-refractivity contribution in [3.05, 3.63) is 29.3 Å². The number of carbonyl (C=O) groups is 1. The summed E-state index contributed by atoms with van der Waals surface area (Å²) in [7, 11) is 0. The molecule has 1 aliphatic rings. The summed E-state index contributed by atoms with van der Waals surface area (Å²) >= 11 is 0. The van der Waals surface area contributed by atoms with Crippen molar-refractivity contribution in [2.75, 3.05) is 26.3 Å². The van der Waals surface area contributed by atoms with E-state index >= 15 is 0 Å². The van der Waals surface area contributed by atoms with Gasteiger partial charge in [0.2, 0.25) is 0 Å². The smallest absolute Gasteiger partial charge is 0.260 e. The van der Waals surface area contributed by atoms with Crippen LogP contribution < -0.4 is 4.74 Å². The highest BCUT2D eigenvalue weighted by atomic mass is 16.5. The molecule has 0 saturated carbocycles. The fourth-order valence-corrected chi connectivity index (χ4v) is 2.69. The summed E-state index contributed by atoms with van der Waals surface area (Å²) in [4.78, 5) is 14.0. The minimum absolute atomic E-state index is 0.00537. The molecular formula is C16H23NO3. The Hall–Kier alpha value is -1.55. The molecule has 0 bridgehead atoms. The number of aliphatic hydroxyl groups excluding tert-OH is 1. The van der Waals surface area contributed by atoms with Crippen LogP contribution in [0, 0.1) is 19.8 Å². The quantitative estimate of drug-likeness (QED) is 0.914. The highest BCUT2D eigenvalue weighted by Crippen LogP contribution is 2.22. The van der Waals surface area contributed by atoms with Crippen molar-refractivity contribution in [1.82, 2.24) is 4.90 Å². The maximum absolute atomic E-state index is 12.2. The average molecular weight is 277 g/mol. The Bertz CT molecular complexity index is 453. The predicted molar refractivity (Wildman–Crippen MR) is 77.8 cm³/mol. The number of carbonyl (C=O) groups excluding carboxylic acids is 1. The summed E-state index contributed by atoms with van der Waals surface area (Å²) in [5.41, 5.74) is 2.09. The number of aryl methyl sites for hydroxylation is 2. The van der Waals surface area contributed by atoms with E-state index in [-0.39, 0.29) is 25.0 Å². The topological polar surface area (TPSA) is 49.8 Å². The number of piperidine rings is 1. The molecule has 0 spiro atoms. The van der Waals surface area contributed by atoms with Gasteiger partial charge < -0.3 is 14.7 Å². The van der Waals surface area contributed by atoms with E-state index in [0.29, 0.717) is 6.54 Å². The number of para-hydroxylation sites is 1. The van der Waals surface area contributed by atoms with Crippen molar-refractivity contribution in [2.24, 2.45) is 5.92 Å². The molecule has 1 aromatic carbocycles. The molecule has 1 unspecified atom stereocenters. The van der Waals surface area contributed by atoms with Gasteiger partial charge in [-0.05, 0) is 43.7 Å². The van der Waals surface area contributed by atoms with Gasteiger partial charge in [0, 0.05) is 19.7 Å². The highest BCUT2D eigenvalue weighted by Gasteiger charge is 2.23. The third-order valence-corrected chi connectivity index (χ3v) is 3.88. The standard InChI is InChI=1S/C16H23NO3/c1-12-5-3-6-13(2)16(12)20-11-15(19)17-8-4-7-14(9-17)10-18/h3,5-6,14,18H,4,7-11H2,1-2H3. The van der Waals surface area contributed by atoms with Crippen molar-refractivity contribution in [3.63, 3.8) is 0 Å². The molecule has 1 heterocycles. The van der Waals surface area contributed by atoms with Crippen LogP contribution in [-0.4, -0.2) is 42.2 Å². The number of aliphatic hydroxyl groups is 1. The summed E-state index contributed by atoms with van der Waals surface area (Å²) in [6.07, 6.45) is 1.96. The highest BCUT2D eigenvalue weighted by molar-refractivity contribution is 5.78. The van der Waals surface area contributed by atoms with Crippen LogP contribution in [0.5, 0.6) is 5.75 Å². The Morgan fingerprint density at radius 2 is 2.10 bits per heavy atom. The molecule has 2 rings (SSSR count). The van der Waals surface area contributed by atoms with Gasteiger partial charge in [-0.25, -0.2) is 0 Å². The van der Waals surface area contributed by atoms with Crippen molar-refractivity contribution in [1.29, 1.82) is 0 Å². The zero-order valence-corrected chi connectivity index (χ0v) is 12.3. The fraction of sp³-hybridized carbons (Fsp3) is 0.562. The number of amides is 1. The number of likely N-dealkylation sites (tertiary alicyclic amines) is 1. The monoisotopic (exact) mass is 277 g/mol. The van der Waals surface area contributed by atoms with E-state index in [2.05, 4.69) is 0 Å². The Morgan fingerprint density at radius 3 is 2.75 bits per heavy atom. The molecule has 1 atom stereocenters. The first kappa shape index (κ1) is 14.9. The minimum Gasteiger partial charge on any atom is -0.483 e. The summed E-state index contributed by atoms with van der Waals surface area (Å²) in [5, 5.41) is 9.20. The Kier molecular flexibility index (Phi) is 5.01. The Balaban J connectivity index is 1.92. The third-order valence-electron chi connectivity index (χ3n) is 3.88. The molecule has 1 N–H and O–H groups in total. The van der Waals surface area contributed by atoms with Gasteiger partial charge in [-0.2, -0.15) is 0 Å². The summed E-state index contributed by atoms with van der Waals surface area (Å²) < 4.78 is 5.70. The van der Waals surface area contributed by atoms with E-state index in [9.17, 15) is 9.90 Å². The molecule has 0 aromatic heterocycles. The lowest BCUT2D eigenvalue weighted by molar-refractivity contribution is -0.135. The normalized spacial score (nSPS) is 18.9. The molecular weight excluding hydrogens is 254 g/mol. The van der Waals surface area contributed by atoms with Crippen LogP contribution in [0.3, 0.4) is 0 Å². The molecule has 1 fully saturated rings. The number of nitrogens with zero attached hydrogens (tertiary/aromatic N) is 1. The van der Waals surface area contributed by atoms with Gasteiger partial charge in [0.05, 0.1) is 0 Å². The zero-order valence-electron chi connectivity index (χ0n) is 12.3. The number of rotatable bonds is 4. The van der Waals surface area contributed by atoms with Gasteiger partial charge in [0.1, 0.15) is 5.75 Å². The van der Waals surface area contributed by atoms with Crippen LogP contribution in [0.15, 0.2) is 18.2 Å². The van der Waals surface area contributed by atoms with Gasteiger partial charge in [-0.3, -0.25) is 4.79 Å². The first-order valence-corrected chi connectivity index (χ1v) is 7.19. The molecule has 0 radical (unpaired) electrons. The first-order valence-electron chi connectivity index (χ1n) is 7.19. The van der Waals surface area contributed by atoms with E-state index in [4.69, 9.17) is 4.74 Å². The Labute approximate surface area is 120 Å². The third kappa shape index (κ3) is 3.51. The van der Waals surface area contributed by atoms with Gasteiger partial charge >= 0.3 is 0 Å². The van der Waals surface area contributed by atoms with E-state index in [0.717, 1.165) is 36.3 Å². The average Bonchev–Trinajstić information content (AvgIpc) is 2.46. The predicted octanol–water partition coefficient (Wildman–Crippen LogP) is 1.91. The maximum Gasteiger partial charge on any atom is 0.260 e. The summed E-state index contributed by atoms with van der Waals surface area (Å²) in [6.45, 7) is 5.60. The van der Waals surface area contributed by atoms with Crippen LogP contribution >= 0.6 is 0 Å². The molecule has 0 aliphatic carbocycles. The van der Waals surface area contributed by atoms with Crippen LogP contribution in [0.25, 0.3) is 0 Å². The second-order valence-corrected chi connectivity index (χ2v) is 5.54. The molecule has 4 nitrogen and oxygen atoms in total. The fourth-order valence-electron chi connectivity index (χ4n) is 2.69. The molecule has 110 valence electrons. The lowest BCUT2D eigenvalue weighted by atomic mass is 9.99. The van der Waals surface area contributed by atoms with Crippen LogP contribution in [-0.2, 0) is 4.79 Å². The molecule has 1 aliphatic heterocycles. The summed E-state index contributed by atoms with van der Waals surface area (Å²) in [6, 6.07) is 5.95. The largest absolute Gasteiger partial charge is 0.483 e. The van der Waals surface area contributed by atoms with E-state index in [1.54, 1.807) is 4.90 Å². The summed E-state index contributed by atoms with van der Waals surface area (Å²) in [5.74, 6) is 1.02.